The van der Waals surface area contributed by atoms with Gasteiger partial charge in [-0.05, 0) is 18.8 Å². The zero-order valence-corrected chi connectivity index (χ0v) is 11.3. The van der Waals surface area contributed by atoms with Crippen molar-refractivity contribution < 1.29 is 18.3 Å². The number of nitrogens with one attached hydrogen (secondary N) is 1. The van der Waals surface area contributed by atoms with Gasteiger partial charge in [0, 0.05) is 12.1 Å². The lowest BCUT2D eigenvalue weighted by Gasteiger charge is -2.10. The molecule has 1 unspecified atom stereocenters. The third-order valence-electron chi connectivity index (χ3n) is 3.10. The molecule has 1 atom stereocenters. The summed E-state index contributed by atoms with van der Waals surface area (Å²) < 4.78 is 25.7. The Morgan fingerprint density at radius 2 is 1.95 bits per heavy atom. The number of carbonyl (C=O) groups is 1. The minimum absolute atomic E-state index is 0.0188. The predicted octanol–water partition coefficient (Wildman–Crippen LogP) is 0.560. The highest BCUT2D eigenvalue weighted by atomic mass is 32.2. The molecule has 1 aliphatic rings. The molecule has 1 aromatic carbocycles. The van der Waals surface area contributed by atoms with Crippen LogP contribution in [0, 0.1) is 5.92 Å². The van der Waals surface area contributed by atoms with E-state index in [9.17, 15) is 18.3 Å². The van der Waals surface area contributed by atoms with E-state index in [2.05, 4.69) is 4.72 Å². The van der Waals surface area contributed by atoms with E-state index in [1.807, 2.05) is 0 Å². The van der Waals surface area contributed by atoms with Gasteiger partial charge in [-0.1, -0.05) is 30.3 Å². The molecule has 6 heteroatoms. The second kappa shape index (κ2) is 5.81. The van der Waals surface area contributed by atoms with E-state index in [0.717, 1.165) is 12.8 Å². The third kappa shape index (κ3) is 4.41. The van der Waals surface area contributed by atoms with Crippen LogP contribution in [0.3, 0.4) is 0 Å². The van der Waals surface area contributed by atoms with Crippen LogP contribution in [0.4, 0.5) is 0 Å². The first-order valence-electron chi connectivity index (χ1n) is 6.21. The molecule has 1 aliphatic carbocycles. The van der Waals surface area contributed by atoms with Crippen LogP contribution in [0.5, 0.6) is 0 Å². The summed E-state index contributed by atoms with van der Waals surface area (Å²) in [6.45, 7) is -0.0188. The fraction of sp³-hybridized carbons (Fsp3) is 0.462. The van der Waals surface area contributed by atoms with Crippen molar-refractivity contribution in [2.45, 2.75) is 18.9 Å². The van der Waals surface area contributed by atoms with Crippen LogP contribution in [-0.2, 0) is 10.0 Å². The van der Waals surface area contributed by atoms with Gasteiger partial charge in [-0.2, -0.15) is 0 Å². The van der Waals surface area contributed by atoms with E-state index in [-0.39, 0.29) is 12.5 Å². The molecule has 0 aromatic heterocycles. The van der Waals surface area contributed by atoms with Crippen LogP contribution in [0.2, 0.25) is 0 Å². The summed E-state index contributed by atoms with van der Waals surface area (Å²) in [4.78, 5) is 11.8. The zero-order valence-electron chi connectivity index (χ0n) is 10.5. The third-order valence-corrected chi connectivity index (χ3v) is 4.34. The highest BCUT2D eigenvalue weighted by Gasteiger charge is 2.30. The van der Waals surface area contributed by atoms with Gasteiger partial charge in [-0.25, -0.2) is 13.1 Å². The summed E-state index contributed by atoms with van der Waals surface area (Å²) >= 11 is 0. The molecule has 0 saturated heterocycles. The van der Waals surface area contributed by atoms with E-state index in [1.54, 1.807) is 30.3 Å². The average Bonchev–Trinajstić information content (AvgIpc) is 3.21. The molecule has 1 saturated carbocycles. The quantitative estimate of drug-likeness (QED) is 0.716. The molecule has 0 heterocycles. The zero-order chi connectivity index (χ0) is 13.9. The topological polar surface area (TPSA) is 83.5 Å². The predicted molar refractivity (Wildman–Crippen MR) is 71.3 cm³/mol. The Labute approximate surface area is 112 Å². The van der Waals surface area contributed by atoms with Crippen molar-refractivity contribution in [3.63, 3.8) is 0 Å². The molecule has 0 radical (unpaired) electrons. The van der Waals surface area contributed by atoms with Crippen molar-refractivity contribution in [3.8, 4) is 0 Å². The summed E-state index contributed by atoms with van der Waals surface area (Å²) in [5.41, 5.74) is 0.371. The Kier molecular flexibility index (Phi) is 4.34. The van der Waals surface area contributed by atoms with E-state index >= 15 is 0 Å². The second-order valence-electron chi connectivity index (χ2n) is 4.80. The summed E-state index contributed by atoms with van der Waals surface area (Å²) in [7, 11) is -3.69. The van der Waals surface area contributed by atoms with Crippen LogP contribution in [0.25, 0.3) is 0 Å². The maximum Gasteiger partial charge on any atom is 0.219 e. The number of hydrogen-bond acceptors (Lipinski definition) is 4. The second-order valence-corrected chi connectivity index (χ2v) is 6.61. The minimum Gasteiger partial charge on any atom is -0.391 e. The van der Waals surface area contributed by atoms with Gasteiger partial charge in [-0.15, -0.1) is 0 Å². The van der Waals surface area contributed by atoms with E-state index in [0.29, 0.717) is 5.56 Å². The van der Waals surface area contributed by atoms with Crippen molar-refractivity contribution in [1.82, 2.24) is 4.72 Å². The van der Waals surface area contributed by atoms with Gasteiger partial charge in [0.25, 0.3) is 0 Å². The van der Waals surface area contributed by atoms with Gasteiger partial charge in [0.1, 0.15) is 5.75 Å². The Hall–Kier alpha value is -1.24. The van der Waals surface area contributed by atoms with Gasteiger partial charge < -0.3 is 5.11 Å². The van der Waals surface area contributed by atoms with E-state index in [1.165, 1.54) is 0 Å². The molecule has 104 valence electrons. The van der Waals surface area contributed by atoms with Gasteiger partial charge in [-0.3, -0.25) is 4.79 Å². The highest BCUT2D eigenvalue weighted by molar-refractivity contribution is 7.90. The van der Waals surface area contributed by atoms with Crippen LogP contribution < -0.4 is 4.72 Å². The number of aliphatic hydroxyl groups excluding tert-OH is 1. The number of carbonyl (C=O) groups excluding carboxylic acids is 1. The first kappa shape index (κ1) is 14.2. The molecule has 1 aromatic rings. The molecule has 1 fully saturated rings. The van der Waals surface area contributed by atoms with Crippen LogP contribution in [0.1, 0.15) is 23.2 Å². The molecule has 19 heavy (non-hydrogen) atoms. The van der Waals surface area contributed by atoms with Gasteiger partial charge in [0.2, 0.25) is 10.0 Å². The summed E-state index contributed by atoms with van der Waals surface area (Å²) in [5, 5.41) is 9.59. The Morgan fingerprint density at radius 3 is 2.53 bits per heavy atom. The largest absolute Gasteiger partial charge is 0.391 e. The van der Waals surface area contributed by atoms with Crippen LogP contribution in [-0.4, -0.2) is 37.7 Å². The summed E-state index contributed by atoms with van der Waals surface area (Å²) in [6.07, 6.45) is 1.22. The summed E-state index contributed by atoms with van der Waals surface area (Å²) in [6, 6.07) is 8.29. The fourth-order valence-electron chi connectivity index (χ4n) is 1.79. The molecule has 0 amide bonds. The standard InChI is InChI=1S/C13H17NO4S/c15-12(11-6-7-11)8-14-19(17,18)9-13(16)10-4-2-1-3-5-10/h1-5,11-12,14-15H,6-9H2. The van der Waals surface area contributed by atoms with Gasteiger partial charge >= 0.3 is 0 Å². The summed E-state index contributed by atoms with van der Waals surface area (Å²) in [5.74, 6) is -0.837. The Morgan fingerprint density at radius 1 is 1.32 bits per heavy atom. The SMILES string of the molecule is O=C(CS(=O)(=O)NCC(O)C1CC1)c1ccccc1. The molecule has 5 nitrogen and oxygen atoms in total. The molecule has 0 aliphatic heterocycles. The number of Topliss-reactive ketones (excluding diaryl/α,β-unsaturated/α-hetero) is 1. The van der Waals surface area contributed by atoms with Crippen molar-refractivity contribution in [2.75, 3.05) is 12.3 Å². The molecule has 0 bridgehead atoms. The van der Waals surface area contributed by atoms with E-state index < -0.39 is 27.7 Å². The van der Waals surface area contributed by atoms with Crippen LogP contribution >= 0.6 is 0 Å². The number of benzene rings is 1. The van der Waals surface area contributed by atoms with Gasteiger partial charge in [0.05, 0.1) is 6.10 Å². The first-order valence-corrected chi connectivity index (χ1v) is 7.87. The minimum atomic E-state index is -3.69. The van der Waals surface area contributed by atoms with Crippen molar-refractivity contribution in [1.29, 1.82) is 0 Å². The van der Waals surface area contributed by atoms with Gasteiger partial charge in [0.15, 0.2) is 5.78 Å². The molecular weight excluding hydrogens is 266 g/mol. The molecule has 0 spiro atoms. The van der Waals surface area contributed by atoms with Crippen molar-refractivity contribution >= 4 is 15.8 Å². The first-order chi connectivity index (χ1) is 8.98. The number of hydrogen-bond donors (Lipinski definition) is 2. The fourth-order valence-corrected chi connectivity index (χ4v) is 2.83. The maximum absolute atomic E-state index is 11.8. The Bertz CT molecular complexity index is 537. The number of ketones is 1. The molecule has 2 N–H and O–H groups in total. The van der Waals surface area contributed by atoms with Crippen molar-refractivity contribution in [3.05, 3.63) is 35.9 Å². The molecule has 2 rings (SSSR count). The number of sulfonamides is 1. The lowest BCUT2D eigenvalue weighted by Crippen LogP contribution is -2.36. The maximum atomic E-state index is 11.8. The Balaban J connectivity index is 1.88. The lowest BCUT2D eigenvalue weighted by molar-refractivity contribution is 0.102. The molecular formula is C13H17NO4S. The monoisotopic (exact) mass is 283 g/mol. The lowest BCUT2D eigenvalue weighted by atomic mass is 10.2. The number of rotatable bonds is 7. The van der Waals surface area contributed by atoms with Crippen molar-refractivity contribution in [2.24, 2.45) is 5.92 Å². The number of aliphatic hydroxyl groups is 1. The van der Waals surface area contributed by atoms with E-state index in [4.69, 9.17) is 0 Å². The smallest absolute Gasteiger partial charge is 0.219 e. The van der Waals surface area contributed by atoms with Crippen LogP contribution in [0.15, 0.2) is 30.3 Å². The average molecular weight is 283 g/mol. The highest BCUT2D eigenvalue weighted by Crippen LogP contribution is 2.32. The normalized spacial score (nSPS) is 17.1.